The minimum atomic E-state index is -0.207. The number of benzene rings is 9. The second-order valence-corrected chi connectivity index (χ2v) is 20.4. The summed E-state index contributed by atoms with van der Waals surface area (Å²) in [5, 5.41) is 7.21. The number of rotatable bonds is 7. The van der Waals surface area contributed by atoms with Crippen LogP contribution in [0.1, 0.15) is 26.3 Å². The van der Waals surface area contributed by atoms with E-state index in [0.717, 1.165) is 87.2 Å². The van der Waals surface area contributed by atoms with Crippen molar-refractivity contribution < 1.29 is 24.1 Å². The van der Waals surface area contributed by atoms with Crippen molar-refractivity contribution in [1.29, 1.82) is 0 Å². The number of fused-ring (bicyclic) bond motifs is 10. The van der Waals surface area contributed by atoms with Crippen molar-refractivity contribution in [1.82, 2.24) is 23.1 Å². The molecule has 0 unspecified atom stereocenters. The van der Waals surface area contributed by atoms with E-state index in [1.807, 2.05) is 24.4 Å². The summed E-state index contributed by atoms with van der Waals surface area (Å²) in [6.07, 6.45) is 1.85. The van der Waals surface area contributed by atoms with E-state index in [1.54, 1.807) is 0 Å². The Morgan fingerprint density at radius 2 is 1.08 bits per heavy atom. The number of nitrogens with zero attached hydrogens (tertiary/aromatic N) is 5. The topological polar surface area (TPSA) is 41.3 Å². The van der Waals surface area contributed by atoms with Gasteiger partial charge in [-0.1, -0.05) is 42.5 Å². The van der Waals surface area contributed by atoms with E-state index < -0.39 is 0 Å². The van der Waals surface area contributed by atoms with Gasteiger partial charge in [-0.15, -0.1) is 0 Å². The molecule has 14 rings (SSSR count). The number of ether oxygens (including phenoxy) is 1. The molecule has 7 heteroatoms. The summed E-state index contributed by atoms with van der Waals surface area (Å²) in [4.78, 5) is 4.92. The fourth-order valence-corrected chi connectivity index (χ4v) is 12.0. The van der Waals surface area contributed by atoms with E-state index in [9.17, 15) is 0 Å². The molecule has 0 radical (unpaired) electrons. The van der Waals surface area contributed by atoms with Gasteiger partial charge in [0.25, 0.3) is 0 Å². The molecule has 6 nitrogen and oxygen atoms in total. The Morgan fingerprint density at radius 1 is 0.465 bits per heavy atom. The second kappa shape index (κ2) is 15.9. The Bertz CT molecular complexity index is 4420. The third-order valence-electron chi connectivity index (χ3n) is 14.2. The molecular formula is C64H43N5OPt-2. The van der Waals surface area contributed by atoms with Gasteiger partial charge in [0, 0.05) is 27.7 Å². The molecule has 0 saturated heterocycles. The van der Waals surface area contributed by atoms with Gasteiger partial charge in [0.1, 0.15) is 0 Å². The number of hydrogen-bond acceptors (Lipinski definition) is 2. The number of hydrogen-bond donors (Lipinski definition) is 0. The predicted molar refractivity (Wildman–Crippen MR) is 286 cm³/mol. The molecule has 0 saturated carbocycles. The van der Waals surface area contributed by atoms with E-state index in [-0.39, 0.29) is 5.41 Å². The molecule has 14 aromatic rings. The summed E-state index contributed by atoms with van der Waals surface area (Å²) in [7, 11) is 0. The molecular weight excluding hydrogens is 1050 g/mol. The standard InChI is InChI=1S/C64H43N5O.Pt/c1-64(2,3)43-34-44(66-40-67(57-29-13-12-28-56(57)66)62-47(41-18-6-4-7-19-41)23-16-24-48(62)42-20-8-5-9-21-42)36-46(35-43)70-45-31-32-50-53-38-54-52-26-17-25-51-49-22-10-11-27-55(49)69(63(51)52)60(54)39-59(53)68(58(50)37-45)61-30-14-15-33-65-61;/h4-35,38-39H,1-3H3;/q-2;. The zero-order valence-electron chi connectivity index (χ0n) is 39.1. The molecule has 0 spiro atoms. The van der Waals surface area contributed by atoms with Crippen molar-refractivity contribution in [3.05, 3.63) is 228 Å². The molecule has 0 aliphatic carbocycles. The Morgan fingerprint density at radius 3 is 1.79 bits per heavy atom. The van der Waals surface area contributed by atoms with E-state index in [1.165, 1.54) is 32.6 Å². The molecule has 0 N–H and O–H groups in total. The van der Waals surface area contributed by atoms with Crippen LogP contribution in [0.15, 0.2) is 206 Å². The summed E-state index contributed by atoms with van der Waals surface area (Å²) < 4.78 is 17.4. The van der Waals surface area contributed by atoms with E-state index in [2.05, 4.69) is 252 Å². The van der Waals surface area contributed by atoms with Crippen molar-refractivity contribution in [2.24, 2.45) is 0 Å². The second-order valence-electron chi connectivity index (χ2n) is 19.4. The molecule has 0 amide bonds. The van der Waals surface area contributed by atoms with Gasteiger partial charge in [0.2, 0.25) is 0 Å². The Balaban J connectivity index is 0.959. The molecule has 9 aromatic carbocycles. The number of imidazole rings is 1. The number of para-hydroxylation sites is 5. The molecule has 71 heavy (non-hydrogen) atoms. The van der Waals surface area contributed by atoms with E-state index in [4.69, 9.17) is 9.72 Å². The van der Waals surface area contributed by atoms with Crippen molar-refractivity contribution in [2.45, 2.75) is 26.2 Å². The van der Waals surface area contributed by atoms with Crippen LogP contribution in [-0.2, 0) is 24.8 Å². The molecule has 0 aliphatic heterocycles. The van der Waals surface area contributed by atoms with Crippen molar-refractivity contribution in [3.8, 4) is 50.9 Å². The fourth-order valence-electron chi connectivity index (χ4n) is 10.9. The number of pyridine rings is 1. The maximum absolute atomic E-state index is 7.00. The Labute approximate surface area is 420 Å². The maximum atomic E-state index is 7.00. The van der Waals surface area contributed by atoms with Gasteiger partial charge >= 0.3 is 320 Å². The van der Waals surface area contributed by atoms with Crippen LogP contribution in [-0.4, -0.2) is 23.1 Å². The SMILES string of the molecule is CC(C)(C)c1cc(Oc2[c-]c3c(cc2)c2cc4c5cccc6c7ccccc7n(c4cc2n3-c2ccccn2)c65)[c-]c(-n2[c](=[Pt])n(-c3c(-c4ccccc4)cccc3-c3ccccc3)c3ccccc32)c1. The quantitative estimate of drug-likeness (QED) is 0.149. The normalized spacial score (nSPS) is 12.2. The van der Waals surface area contributed by atoms with Crippen LogP contribution in [0.5, 0.6) is 11.5 Å². The van der Waals surface area contributed by atoms with Crippen LogP contribution in [0.2, 0.25) is 0 Å². The van der Waals surface area contributed by atoms with Crippen LogP contribution in [0.25, 0.3) is 110 Å². The molecule has 0 aliphatic rings. The third-order valence-corrected chi connectivity index (χ3v) is 15.2. The summed E-state index contributed by atoms with van der Waals surface area (Å²) >= 11 is 2.51. The fraction of sp³-hybridized carbons (Fsp3) is 0.0625. The summed E-state index contributed by atoms with van der Waals surface area (Å²) in [5.41, 5.74) is 15.2. The van der Waals surface area contributed by atoms with E-state index in [0.29, 0.717) is 11.5 Å². The van der Waals surface area contributed by atoms with Crippen LogP contribution >= 0.6 is 0 Å². The zero-order chi connectivity index (χ0) is 47.5. The summed E-state index contributed by atoms with van der Waals surface area (Å²) in [6.45, 7) is 6.74. The third kappa shape index (κ3) is 6.44. The first kappa shape index (κ1) is 41.6. The molecule has 5 heterocycles. The van der Waals surface area contributed by atoms with Gasteiger partial charge in [-0.25, -0.2) is 0 Å². The average molecular weight is 1090 g/mol. The first-order valence-corrected chi connectivity index (χ1v) is 25.1. The van der Waals surface area contributed by atoms with Crippen molar-refractivity contribution in [3.63, 3.8) is 0 Å². The first-order valence-electron chi connectivity index (χ1n) is 24.0. The summed E-state index contributed by atoms with van der Waals surface area (Å²) in [6, 6.07) is 79.0. The first-order chi connectivity index (χ1) is 34.8. The van der Waals surface area contributed by atoms with Gasteiger partial charge in [-0.2, -0.15) is 0 Å². The predicted octanol–water partition coefficient (Wildman–Crippen LogP) is 16.2. The van der Waals surface area contributed by atoms with Crippen molar-refractivity contribution >= 4 is 70.9 Å². The molecule has 0 bridgehead atoms. The minimum absolute atomic E-state index is 0.207. The Kier molecular flexibility index (Phi) is 9.30. The average Bonchev–Trinajstić information content (AvgIpc) is 4.11. The molecule has 0 atom stereocenters. The summed E-state index contributed by atoms with van der Waals surface area (Å²) in [5.74, 6) is 2.01. The van der Waals surface area contributed by atoms with Gasteiger partial charge < -0.3 is 4.40 Å². The van der Waals surface area contributed by atoms with E-state index >= 15 is 0 Å². The molecule has 0 fully saturated rings. The van der Waals surface area contributed by atoms with Crippen LogP contribution in [0, 0.1) is 15.9 Å². The molecule has 342 valence electrons. The van der Waals surface area contributed by atoms with Gasteiger partial charge in [-0.3, -0.25) is 0 Å². The Hall–Kier alpha value is -8.31. The van der Waals surface area contributed by atoms with Crippen molar-refractivity contribution in [2.75, 3.05) is 0 Å². The molecule has 5 aromatic heterocycles. The number of aromatic nitrogens is 5. The van der Waals surface area contributed by atoms with Crippen LogP contribution < -0.4 is 4.74 Å². The van der Waals surface area contributed by atoms with Gasteiger partial charge in [-0.05, 0) is 12.1 Å². The zero-order valence-corrected chi connectivity index (χ0v) is 41.4. The monoisotopic (exact) mass is 1090 g/mol. The van der Waals surface area contributed by atoms with Gasteiger partial charge in [0.15, 0.2) is 0 Å². The van der Waals surface area contributed by atoms with Crippen LogP contribution in [0.3, 0.4) is 0 Å². The van der Waals surface area contributed by atoms with Crippen LogP contribution in [0.4, 0.5) is 0 Å². The van der Waals surface area contributed by atoms with Gasteiger partial charge in [0.05, 0.1) is 16.6 Å².